The van der Waals surface area contributed by atoms with E-state index in [2.05, 4.69) is 177 Å². The van der Waals surface area contributed by atoms with Crippen molar-refractivity contribution in [1.29, 1.82) is 0 Å². The molecule has 0 bridgehead atoms. The van der Waals surface area contributed by atoms with E-state index in [4.69, 9.17) is 0 Å². The first-order valence-corrected chi connectivity index (χ1v) is 17.5. The van der Waals surface area contributed by atoms with Crippen LogP contribution in [-0.4, -0.2) is 13.8 Å². The molecule has 0 radical (unpaired) electrons. The van der Waals surface area contributed by atoms with Gasteiger partial charge in [-0.3, -0.25) is 0 Å². The number of aromatic nitrogens is 5. The highest BCUT2D eigenvalue weighted by Crippen LogP contribution is 2.54. The van der Waals surface area contributed by atoms with E-state index in [9.17, 15) is 0 Å². The molecule has 1 unspecified atom stereocenters. The van der Waals surface area contributed by atoms with Crippen LogP contribution >= 0.6 is 0 Å². The van der Waals surface area contributed by atoms with Gasteiger partial charge in [0.2, 0.25) is 5.69 Å². The fourth-order valence-electron chi connectivity index (χ4n) is 10.4. The van der Waals surface area contributed by atoms with E-state index in [0.717, 1.165) is 0 Å². The Labute approximate surface area is 286 Å². The smallest absolute Gasteiger partial charge is 0.307 e. The van der Waals surface area contributed by atoms with E-state index in [1.807, 2.05) is 0 Å². The van der Waals surface area contributed by atoms with Crippen molar-refractivity contribution in [2.45, 2.75) is 19.5 Å². The SMILES string of the molecule is Cc1c(-c2ccc3ccccc3c2)c(C)[n+]2n1-c1ccc3c4ccccc4n4c3c1C21c2c-4cccc2-n2c3ccccc3c3ccc[n+]1c32. The number of benzene rings is 6. The van der Waals surface area contributed by atoms with Crippen molar-refractivity contribution >= 4 is 54.5 Å². The van der Waals surface area contributed by atoms with Crippen molar-refractivity contribution in [3.8, 4) is 28.2 Å². The molecule has 0 amide bonds. The van der Waals surface area contributed by atoms with Crippen molar-refractivity contribution in [3.63, 3.8) is 0 Å². The lowest BCUT2D eigenvalue weighted by Crippen LogP contribution is -2.77. The molecule has 4 aromatic heterocycles. The summed E-state index contributed by atoms with van der Waals surface area (Å²) in [6, 6.07) is 49.7. The highest BCUT2D eigenvalue weighted by molar-refractivity contribution is 6.13. The van der Waals surface area contributed by atoms with E-state index in [1.54, 1.807) is 0 Å². The number of fused-ring (bicyclic) bond motifs is 11. The Kier molecular flexibility index (Phi) is 4.20. The third-order valence-electron chi connectivity index (χ3n) is 12.1. The normalized spacial score (nSPS) is 16.3. The Balaban J connectivity index is 1.30. The summed E-state index contributed by atoms with van der Waals surface area (Å²) in [6.45, 7) is 4.65. The lowest BCUT2D eigenvalue weighted by Gasteiger charge is -2.33. The van der Waals surface area contributed by atoms with Gasteiger partial charge in [-0.15, -0.1) is 4.68 Å². The van der Waals surface area contributed by atoms with Crippen LogP contribution in [0.4, 0.5) is 0 Å². The van der Waals surface area contributed by atoms with Crippen molar-refractivity contribution in [1.82, 2.24) is 13.8 Å². The van der Waals surface area contributed by atoms with Gasteiger partial charge in [0.1, 0.15) is 22.3 Å². The van der Waals surface area contributed by atoms with Crippen LogP contribution in [0.3, 0.4) is 0 Å². The highest BCUT2D eigenvalue weighted by atomic mass is 15.5. The molecule has 10 aromatic rings. The molecule has 0 saturated carbocycles. The van der Waals surface area contributed by atoms with Crippen LogP contribution in [-0.2, 0) is 5.66 Å². The zero-order valence-corrected chi connectivity index (χ0v) is 27.5. The summed E-state index contributed by atoms with van der Waals surface area (Å²) in [5.41, 5.74) is 15.7. The first-order valence-electron chi connectivity index (χ1n) is 17.5. The minimum absolute atomic E-state index is 0.668. The van der Waals surface area contributed by atoms with Crippen LogP contribution < -0.4 is 9.25 Å². The van der Waals surface area contributed by atoms with E-state index in [1.165, 1.54) is 105 Å². The van der Waals surface area contributed by atoms with Gasteiger partial charge in [0.15, 0.2) is 5.69 Å². The van der Waals surface area contributed by atoms with Crippen molar-refractivity contribution in [2.75, 3.05) is 0 Å². The van der Waals surface area contributed by atoms with Gasteiger partial charge in [0.05, 0.1) is 39.6 Å². The van der Waals surface area contributed by atoms with Crippen LogP contribution in [0.1, 0.15) is 22.5 Å². The molecule has 0 aliphatic carbocycles. The molecule has 1 atom stereocenters. The molecule has 0 N–H and O–H groups in total. The summed E-state index contributed by atoms with van der Waals surface area (Å²) in [5.74, 6) is 0. The average molecular weight is 640 g/mol. The molecule has 5 heteroatoms. The molecule has 232 valence electrons. The van der Waals surface area contributed by atoms with Gasteiger partial charge in [-0.25, -0.2) is 0 Å². The molecular weight excluding hydrogens is 611 g/mol. The van der Waals surface area contributed by atoms with Crippen LogP contribution in [0, 0.1) is 13.8 Å². The summed E-state index contributed by atoms with van der Waals surface area (Å²) in [6.07, 6.45) is 2.33. The number of pyridine rings is 1. The quantitative estimate of drug-likeness (QED) is 0.160. The first kappa shape index (κ1) is 25.5. The average Bonchev–Trinajstić information content (AvgIpc) is 3.85. The second-order valence-corrected chi connectivity index (χ2v) is 14.3. The lowest BCUT2D eigenvalue weighted by atomic mass is 9.82. The second kappa shape index (κ2) is 8.21. The van der Waals surface area contributed by atoms with Gasteiger partial charge in [-0.2, -0.15) is 9.13 Å². The first-order chi connectivity index (χ1) is 24.7. The Morgan fingerprint density at radius 2 is 1.24 bits per heavy atom. The second-order valence-electron chi connectivity index (χ2n) is 14.3. The maximum absolute atomic E-state index is 2.64. The molecule has 6 aromatic carbocycles. The van der Waals surface area contributed by atoms with Crippen LogP contribution in [0.25, 0.3) is 82.7 Å². The van der Waals surface area contributed by atoms with Crippen molar-refractivity contribution in [2.24, 2.45) is 0 Å². The molecule has 7 heterocycles. The third-order valence-corrected chi connectivity index (χ3v) is 12.1. The minimum Gasteiger partial charge on any atom is -0.307 e. The molecular formula is C45H29N5+2. The Bertz CT molecular complexity index is 3230. The summed E-state index contributed by atoms with van der Waals surface area (Å²) in [4.78, 5) is 0. The summed E-state index contributed by atoms with van der Waals surface area (Å²) in [7, 11) is 0. The Hall–Kier alpha value is -6.46. The van der Waals surface area contributed by atoms with Gasteiger partial charge >= 0.3 is 11.3 Å². The molecule has 0 fully saturated rings. The monoisotopic (exact) mass is 639 g/mol. The largest absolute Gasteiger partial charge is 0.394 e. The maximum Gasteiger partial charge on any atom is 0.394 e. The van der Waals surface area contributed by atoms with E-state index >= 15 is 0 Å². The van der Waals surface area contributed by atoms with E-state index < -0.39 is 5.66 Å². The van der Waals surface area contributed by atoms with Gasteiger partial charge in [-0.1, -0.05) is 77.5 Å². The minimum atomic E-state index is -0.668. The van der Waals surface area contributed by atoms with E-state index in [-0.39, 0.29) is 0 Å². The predicted octanol–water partition coefficient (Wildman–Crippen LogP) is 8.92. The Morgan fingerprint density at radius 1 is 0.540 bits per heavy atom. The fourth-order valence-corrected chi connectivity index (χ4v) is 10.4. The molecule has 1 spiro atoms. The molecule has 13 rings (SSSR count). The molecule has 3 aliphatic heterocycles. The van der Waals surface area contributed by atoms with Gasteiger partial charge in [0, 0.05) is 23.1 Å². The molecule has 5 nitrogen and oxygen atoms in total. The highest BCUT2D eigenvalue weighted by Gasteiger charge is 2.69. The third kappa shape index (κ3) is 2.52. The zero-order chi connectivity index (χ0) is 32.6. The number of rotatable bonds is 1. The fraction of sp³-hybridized carbons (Fsp3) is 0.0667. The topological polar surface area (TPSA) is 22.5 Å². The lowest BCUT2D eigenvalue weighted by molar-refractivity contribution is -0.989. The van der Waals surface area contributed by atoms with Crippen LogP contribution in [0.5, 0.6) is 0 Å². The van der Waals surface area contributed by atoms with E-state index in [0.29, 0.717) is 0 Å². The predicted molar refractivity (Wildman–Crippen MR) is 199 cm³/mol. The van der Waals surface area contributed by atoms with Crippen molar-refractivity contribution in [3.05, 3.63) is 162 Å². The number of para-hydroxylation sites is 2. The van der Waals surface area contributed by atoms with Gasteiger partial charge < -0.3 is 4.57 Å². The summed E-state index contributed by atoms with van der Waals surface area (Å²) in [5, 5.41) is 7.65. The zero-order valence-electron chi connectivity index (χ0n) is 27.5. The molecule has 0 saturated heterocycles. The summed E-state index contributed by atoms with van der Waals surface area (Å²) >= 11 is 0. The number of hydrogen-bond acceptors (Lipinski definition) is 0. The standard InChI is InChI=1S/C45H29N5/c1-26-40(30-21-20-28-11-3-4-12-29(28)25-30)27(2)50-45-41-37(47-35-16-7-5-13-31(35)33-22-23-39(49(26)50)42(45)43(33)47)18-9-19-38(41)48-36-17-8-6-14-32(36)34-15-10-24-46(45)44(34)48/h3-25H,1-2H3/q+2. The van der Waals surface area contributed by atoms with Crippen LogP contribution in [0.15, 0.2) is 140 Å². The van der Waals surface area contributed by atoms with Gasteiger partial charge in [-0.05, 0) is 83.9 Å². The Morgan fingerprint density at radius 3 is 2.08 bits per heavy atom. The van der Waals surface area contributed by atoms with Crippen molar-refractivity contribution < 1.29 is 9.25 Å². The van der Waals surface area contributed by atoms with Gasteiger partial charge in [0.25, 0.3) is 0 Å². The number of nitrogens with zero attached hydrogens (tertiary/aromatic N) is 5. The van der Waals surface area contributed by atoms with Crippen LogP contribution in [0.2, 0.25) is 0 Å². The maximum atomic E-state index is 2.64. The molecule has 3 aliphatic rings. The molecule has 50 heavy (non-hydrogen) atoms. The number of hydrogen-bond donors (Lipinski definition) is 0. The summed E-state index contributed by atoms with van der Waals surface area (Å²) < 4.78 is 12.9.